The second-order valence-electron chi connectivity index (χ2n) is 7.75. The molecule has 0 unspecified atom stereocenters. The summed E-state index contributed by atoms with van der Waals surface area (Å²) in [5.74, 6) is -0.0687. The summed E-state index contributed by atoms with van der Waals surface area (Å²) in [7, 11) is 1.60. The molecule has 1 N–H and O–H groups in total. The van der Waals surface area contributed by atoms with Crippen LogP contribution in [0.15, 0.2) is 60.7 Å². The maximum Gasteiger partial charge on any atom is 0.271 e. The van der Waals surface area contributed by atoms with E-state index >= 15 is 0 Å². The molecule has 1 aliphatic heterocycles. The lowest BCUT2D eigenvalue weighted by atomic mass is 9.95. The van der Waals surface area contributed by atoms with E-state index < -0.39 is 10.8 Å². The van der Waals surface area contributed by atoms with Gasteiger partial charge in [-0.15, -0.1) is 0 Å². The molecule has 1 heterocycles. The summed E-state index contributed by atoms with van der Waals surface area (Å²) in [6.45, 7) is 0.861. The fourth-order valence-corrected chi connectivity index (χ4v) is 4.12. The van der Waals surface area contributed by atoms with Crippen LogP contribution in [0.5, 0.6) is 5.75 Å². The Labute approximate surface area is 184 Å². The van der Waals surface area contributed by atoms with Gasteiger partial charge in [0.2, 0.25) is 5.91 Å². The Hall–Kier alpha value is -3.94. The number of benzene rings is 3. The van der Waals surface area contributed by atoms with Crippen LogP contribution in [0, 0.1) is 16.0 Å². The number of carbonyl (C=O) groups is 2. The number of nitro benzene ring substituents is 1. The quantitative estimate of drug-likeness (QED) is 0.479. The first kappa shape index (κ1) is 21.3. The van der Waals surface area contributed by atoms with E-state index in [0.29, 0.717) is 42.9 Å². The average molecular weight is 433 g/mol. The fourth-order valence-electron chi connectivity index (χ4n) is 4.12. The first-order chi connectivity index (χ1) is 15.5. The molecule has 0 spiro atoms. The molecule has 0 aliphatic carbocycles. The number of amides is 2. The molecule has 32 heavy (non-hydrogen) atoms. The predicted molar refractivity (Wildman–Crippen MR) is 121 cm³/mol. The first-order valence-electron chi connectivity index (χ1n) is 10.4. The van der Waals surface area contributed by atoms with Crippen molar-refractivity contribution in [3.63, 3.8) is 0 Å². The summed E-state index contributed by atoms with van der Waals surface area (Å²) in [4.78, 5) is 38.3. The standard InChI is InChI=1S/C24H23N3O5/c1-32-22-12-11-21(19-9-2-3-10-20(19)22)24(29)26-13-5-6-16(15-26)23(28)25-17-7-4-8-18(14-17)27(30)31/h2-4,7-12,14,16H,5-6,13,15H2,1H3,(H,25,28)/t16-/m0/s1. The van der Waals surface area contributed by atoms with Crippen LogP contribution in [0.4, 0.5) is 11.4 Å². The van der Waals surface area contributed by atoms with Gasteiger partial charge in [0.25, 0.3) is 11.6 Å². The van der Waals surface area contributed by atoms with Crippen molar-refractivity contribution in [2.24, 2.45) is 5.92 Å². The summed E-state index contributed by atoms with van der Waals surface area (Å²) < 4.78 is 5.42. The third-order valence-corrected chi connectivity index (χ3v) is 5.74. The van der Waals surface area contributed by atoms with Crippen LogP contribution in [-0.4, -0.2) is 41.8 Å². The van der Waals surface area contributed by atoms with Crippen LogP contribution in [0.3, 0.4) is 0 Å². The third kappa shape index (κ3) is 4.25. The van der Waals surface area contributed by atoms with Gasteiger partial charge in [-0.2, -0.15) is 0 Å². The maximum atomic E-state index is 13.3. The Balaban J connectivity index is 1.51. The fraction of sp³-hybridized carbons (Fsp3) is 0.250. The van der Waals surface area contributed by atoms with Gasteiger partial charge >= 0.3 is 0 Å². The lowest BCUT2D eigenvalue weighted by molar-refractivity contribution is -0.384. The van der Waals surface area contributed by atoms with Gasteiger partial charge in [-0.3, -0.25) is 19.7 Å². The van der Waals surface area contributed by atoms with Gasteiger partial charge in [-0.25, -0.2) is 0 Å². The largest absolute Gasteiger partial charge is 0.496 e. The molecule has 1 aliphatic rings. The molecule has 2 amide bonds. The van der Waals surface area contributed by atoms with Crippen molar-refractivity contribution >= 4 is 34.0 Å². The van der Waals surface area contributed by atoms with Gasteiger partial charge in [0.05, 0.1) is 18.0 Å². The van der Waals surface area contributed by atoms with Gasteiger partial charge in [0.1, 0.15) is 5.75 Å². The molecule has 4 rings (SSSR count). The van der Waals surface area contributed by atoms with Crippen LogP contribution >= 0.6 is 0 Å². The van der Waals surface area contributed by atoms with Crippen molar-refractivity contribution in [3.8, 4) is 5.75 Å². The predicted octanol–water partition coefficient (Wildman–Crippen LogP) is 4.25. The number of nitrogens with zero attached hydrogens (tertiary/aromatic N) is 2. The lowest BCUT2D eigenvalue weighted by Gasteiger charge is -2.32. The number of piperidine rings is 1. The minimum atomic E-state index is -0.504. The van der Waals surface area contributed by atoms with Crippen molar-refractivity contribution in [3.05, 3.63) is 76.3 Å². The Bertz CT molecular complexity index is 1190. The Morgan fingerprint density at radius 2 is 1.88 bits per heavy atom. The van der Waals surface area contributed by atoms with Gasteiger partial charge in [-0.1, -0.05) is 30.3 Å². The van der Waals surface area contributed by atoms with Crippen molar-refractivity contribution in [2.75, 3.05) is 25.5 Å². The van der Waals surface area contributed by atoms with Crippen LogP contribution in [-0.2, 0) is 4.79 Å². The van der Waals surface area contributed by atoms with Gasteiger partial charge in [0.15, 0.2) is 0 Å². The second-order valence-corrected chi connectivity index (χ2v) is 7.75. The number of nitrogens with one attached hydrogen (secondary N) is 1. The molecule has 1 saturated heterocycles. The van der Waals surface area contributed by atoms with E-state index in [9.17, 15) is 19.7 Å². The van der Waals surface area contributed by atoms with Crippen molar-refractivity contribution < 1.29 is 19.2 Å². The Kier molecular flexibility index (Phi) is 6.02. The summed E-state index contributed by atoms with van der Waals surface area (Å²) in [6, 6.07) is 17.0. The smallest absolute Gasteiger partial charge is 0.271 e. The summed E-state index contributed by atoms with van der Waals surface area (Å²) >= 11 is 0. The molecule has 8 nitrogen and oxygen atoms in total. The average Bonchev–Trinajstić information content (AvgIpc) is 2.83. The third-order valence-electron chi connectivity index (χ3n) is 5.74. The molecular formula is C24H23N3O5. The van der Waals surface area contributed by atoms with E-state index in [4.69, 9.17) is 4.74 Å². The number of hydrogen-bond acceptors (Lipinski definition) is 5. The molecule has 164 valence electrons. The number of rotatable bonds is 5. The number of nitro groups is 1. The summed E-state index contributed by atoms with van der Waals surface area (Å²) in [6.07, 6.45) is 1.35. The minimum absolute atomic E-state index is 0.0883. The highest BCUT2D eigenvalue weighted by molar-refractivity contribution is 6.08. The van der Waals surface area contributed by atoms with Crippen molar-refractivity contribution in [1.29, 1.82) is 0 Å². The van der Waals surface area contributed by atoms with Crippen LogP contribution < -0.4 is 10.1 Å². The molecule has 8 heteroatoms. The number of non-ortho nitro benzene ring substituents is 1. The highest BCUT2D eigenvalue weighted by Gasteiger charge is 2.30. The highest BCUT2D eigenvalue weighted by atomic mass is 16.6. The zero-order valence-corrected chi connectivity index (χ0v) is 17.6. The van der Waals surface area contributed by atoms with Crippen molar-refractivity contribution in [2.45, 2.75) is 12.8 Å². The Morgan fingerprint density at radius 3 is 2.62 bits per heavy atom. The molecule has 0 saturated carbocycles. The SMILES string of the molecule is COc1ccc(C(=O)N2CCC[C@H](C(=O)Nc3cccc([N+](=O)[O-])c3)C2)c2ccccc12. The zero-order valence-electron chi connectivity index (χ0n) is 17.6. The van der Waals surface area contributed by atoms with Crippen LogP contribution in [0.25, 0.3) is 10.8 Å². The number of carbonyl (C=O) groups excluding carboxylic acids is 2. The molecule has 1 fully saturated rings. The van der Waals surface area contributed by atoms with E-state index in [0.717, 1.165) is 10.8 Å². The van der Waals surface area contributed by atoms with Crippen LogP contribution in [0.2, 0.25) is 0 Å². The van der Waals surface area contributed by atoms with Gasteiger partial charge in [-0.05, 0) is 36.4 Å². The van der Waals surface area contributed by atoms with E-state index in [1.807, 2.05) is 24.3 Å². The highest BCUT2D eigenvalue weighted by Crippen LogP contribution is 2.30. The van der Waals surface area contributed by atoms with Crippen molar-refractivity contribution in [1.82, 2.24) is 4.90 Å². The lowest BCUT2D eigenvalue weighted by Crippen LogP contribution is -2.43. The number of anilines is 1. The first-order valence-corrected chi connectivity index (χ1v) is 10.4. The molecule has 0 aromatic heterocycles. The molecular weight excluding hydrogens is 410 g/mol. The Morgan fingerprint density at radius 1 is 1.09 bits per heavy atom. The summed E-state index contributed by atoms with van der Waals surface area (Å²) in [5, 5.41) is 15.4. The molecule has 3 aromatic rings. The normalized spacial score (nSPS) is 15.9. The van der Waals surface area contributed by atoms with Gasteiger partial charge in [0, 0.05) is 41.9 Å². The number of hydrogen-bond donors (Lipinski definition) is 1. The van der Waals surface area contributed by atoms with E-state index in [2.05, 4.69) is 5.32 Å². The number of ether oxygens (including phenoxy) is 1. The molecule has 0 radical (unpaired) electrons. The monoisotopic (exact) mass is 433 g/mol. The van der Waals surface area contributed by atoms with E-state index in [1.54, 1.807) is 30.2 Å². The van der Waals surface area contributed by atoms with E-state index in [-0.39, 0.29) is 17.5 Å². The topological polar surface area (TPSA) is 102 Å². The number of likely N-dealkylation sites (tertiary alicyclic amines) is 1. The molecule has 1 atom stereocenters. The second kappa shape index (κ2) is 9.05. The van der Waals surface area contributed by atoms with Gasteiger partial charge < -0.3 is 15.0 Å². The minimum Gasteiger partial charge on any atom is -0.496 e. The number of fused-ring (bicyclic) bond motifs is 1. The molecule has 0 bridgehead atoms. The number of methoxy groups -OCH3 is 1. The zero-order chi connectivity index (χ0) is 22.7. The maximum absolute atomic E-state index is 13.3. The van der Waals surface area contributed by atoms with Crippen LogP contribution in [0.1, 0.15) is 23.2 Å². The van der Waals surface area contributed by atoms with E-state index in [1.165, 1.54) is 18.2 Å². The summed E-state index contributed by atoms with van der Waals surface area (Å²) in [5.41, 5.74) is 0.851. The molecule has 3 aromatic carbocycles.